The third-order valence-electron chi connectivity index (χ3n) is 5.01. The van der Waals surface area contributed by atoms with Gasteiger partial charge in [0.25, 0.3) is 0 Å². The number of carbonyl (C=O) groups is 1. The molecule has 1 aromatic heterocycles. The molecule has 0 aliphatic carbocycles. The minimum absolute atomic E-state index is 0.189. The summed E-state index contributed by atoms with van der Waals surface area (Å²) in [7, 11) is 1.74. The van der Waals surface area contributed by atoms with E-state index in [1.54, 1.807) is 13.2 Å². The highest BCUT2D eigenvalue weighted by Gasteiger charge is 2.20. The van der Waals surface area contributed by atoms with Gasteiger partial charge in [0.2, 0.25) is 5.91 Å². The number of carbonyl (C=O) groups excluding carboxylic acids is 1. The van der Waals surface area contributed by atoms with Crippen LogP contribution in [0, 0.1) is 0 Å². The van der Waals surface area contributed by atoms with Gasteiger partial charge in [-0.05, 0) is 24.3 Å². The number of hydrogen-bond acceptors (Lipinski definition) is 4. The number of anilines is 1. The summed E-state index contributed by atoms with van der Waals surface area (Å²) in [5.41, 5.74) is 2.27. The molecule has 1 amide bonds. The predicted molar refractivity (Wildman–Crippen MR) is 117 cm³/mol. The molecular formula is C22H30N6O. The zero-order chi connectivity index (χ0) is 20.3. The second kappa shape index (κ2) is 11.0. The zero-order valence-corrected chi connectivity index (χ0v) is 17.1. The molecule has 0 unspecified atom stereocenters. The fourth-order valence-corrected chi connectivity index (χ4v) is 3.37. The molecule has 7 nitrogen and oxygen atoms in total. The molecule has 7 heteroatoms. The molecule has 0 spiro atoms. The Bertz CT molecular complexity index is 772. The molecule has 154 valence electrons. The molecular weight excluding hydrogens is 364 g/mol. The first-order valence-electron chi connectivity index (χ1n) is 10.2. The summed E-state index contributed by atoms with van der Waals surface area (Å²) < 4.78 is 0. The first-order valence-corrected chi connectivity index (χ1v) is 10.2. The van der Waals surface area contributed by atoms with E-state index in [-0.39, 0.29) is 5.91 Å². The Hall–Kier alpha value is -3.09. The molecule has 2 heterocycles. The molecule has 2 aromatic rings. The van der Waals surface area contributed by atoms with Crippen LogP contribution in [0.3, 0.4) is 0 Å². The van der Waals surface area contributed by atoms with Gasteiger partial charge >= 0.3 is 0 Å². The number of aromatic nitrogens is 1. The van der Waals surface area contributed by atoms with Crippen molar-refractivity contribution < 1.29 is 4.79 Å². The van der Waals surface area contributed by atoms with Crippen LogP contribution >= 0.6 is 0 Å². The Morgan fingerprint density at radius 1 is 1.00 bits per heavy atom. The predicted octanol–water partition coefficient (Wildman–Crippen LogP) is 1.53. The molecule has 0 radical (unpaired) electrons. The molecule has 1 aliphatic rings. The minimum Gasteiger partial charge on any atom is -0.368 e. The smallest absolute Gasteiger partial charge is 0.224 e. The standard InChI is InChI=1S/C22H30N6O/c1-23-22(25-13-10-19-7-5-6-12-24-19)26-14-11-21(29)28-17-15-27(16-18-28)20-8-3-2-4-9-20/h2-9,12H,10-11,13-18H2,1H3,(H2,23,25,26). The van der Waals surface area contributed by atoms with Crippen LogP contribution in [-0.2, 0) is 11.2 Å². The third kappa shape index (κ3) is 6.48. The fraction of sp³-hybridized carbons (Fsp3) is 0.409. The largest absolute Gasteiger partial charge is 0.368 e. The van der Waals surface area contributed by atoms with Crippen LogP contribution in [0.15, 0.2) is 59.7 Å². The van der Waals surface area contributed by atoms with E-state index in [9.17, 15) is 4.79 Å². The van der Waals surface area contributed by atoms with Crippen molar-refractivity contribution in [2.24, 2.45) is 4.99 Å². The second-order valence-corrected chi connectivity index (χ2v) is 6.95. The summed E-state index contributed by atoms with van der Waals surface area (Å²) in [4.78, 5) is 25.3. The van der Waals surface area contributed by atoms with E-state index in [0.29, 0.717) is 18.9 Å². The summed E-state index contributed by atoms with van der Waals surface area (Å²) in [6, 6.07) is 16.3. The Labute approximate surface area is 172 Å². The van der Waals surface area contributed by atoms with Gasteiger partial charge in [-0.2, -0.15) is 0 Å². The average Bonchev–Trinajstić information content (AvgIpc) is 2.79. The van der Waals surface area contributed by atoms with Crippen molar-refractivity contribution in [1.29, 1.82) is 0 Å². The number of pyridine rings is 1. The maximum absolute atomic E-state index is 12.5. The number of guanidine groups is 1. The first kappa shape index (κ1) is 20.6. The molecule has 29 heavy (non-hydrogen) atoms. The lowest BCUT2D eigenvalue weighted by Gasteiger charge is -2.36. The van der Waals surface area contributed by atoms with Crippen molar-refractivity contribution in [3.63, 3.8) is 0 Å². The van der Waals surface area contributed by atoms with Crippen LogP contribution in [-0.4, -0.2) is 68.1 Å². The first-order chi connectivity index (χ1) is 14.3. The van der Waals surface area contributed by atoms with Crippen molar-refractivity contribution >= 4 is 17.6 Å². The van der Waals surface area contributed by atoms with Crippen LogP contribution in [0.4, 0.5) is 5.69 Å². The van der Waals surface area contributed by atoms with Crippen molar-refractivity contribution in [3.8, 4) is 0 Å². The van der Waals surface area contributed by atoms with Crippen LogP contribution < -0.4 is 15.5 Å². The maximum atomic E-state index is 12.5. The molecule has 0 atom stereocenters. The molecule has 0 saturated carbocycles. The van der Waals surface area contributed by atoms with Gasteiger partial charge in [0.1, 0.15) is 0 Å². The highest BCUT2D eigenvalue weighted by molar-refractivity contribution is 5.81. The quantitative estimate of drug-likeness (QED) is 0.550. The normalized spacial score (nSPS) is 14.6. The Kier molecular flexibility index (Phi) is 7.86. The van der Waals surface area contributed by atoms with Crippen molar-refractivity contribution in [1.82, 2.24) is 20.5 Å². The molecule has 1 aromatic carbocycles. The second-order valence-electron chi connectivity index (χ2n) is 6.95. The van der Waals surface area contributed by atoms with Crippen LogP contribution in [0.1, 0.15) is 12.1 Å². The summed E-state index contributed by atoms with van der Waals surface area (Å²) >= 11 is 0. The topological polar surface area (TPSA) is 72.9 Å². The van der Waals surface area contributed by atoms with E-state index >= 15 is 0 Å². The van der Waals surface area contributed by atoms with Crippen LogP contribution in [0.25, 0.3) is 0 Å². The van der Waals surface area contributed by atoms with E-state index in [1.165, 1.54) is 5.69 Å². The summed E-state index contributed by atoms with van der Waals surface area (Å²) in [6.45, 7) is 4.60. The highest BCUT2D eigenvalue weighted by atomic mass is 16.2. The molecule has 1 aliphatic heterocycles. The molecule has 0 bridgehead atoms. The number of amides is 1. The number of aliphatic imine (C=N–C) groups is 1. The van der Waals surface area contributed by atoms with Crippen LogP contribution in [0.5, 0.6) is 0 Å². The Morgan fingerprint density at radius 2 is 1.72 bits per heavy atom. The van der Waals surface area contributed by atoms with Gasteiger partial charge in [0.05, 0.1) is 0 Å². The Balaban J connectivity index is 1.33. The number of benzene rings is 1. The number of para-hydroxylation sites is 1. The number of piperazine rings is 1. The van der Waals surface area contributed by atoms with Gasteiger partial charge in [-0.1, -0.05) is 24.3 Å². The average molecular weight is 395 g/mol. The van der Waals surface area contributed by atoms with Gasteiger partial charge in [-0.3, -0.25) is 14.8 Å². The summed E-state index contributed by atoms with van der Waals surface area (Å²) in [5, 5.41) is 6.48. The number of nitrogens with zero attached hydrogens (tertiary/aromatic N) is 4. The lowest BCUT2D eigenvalue weighted by atomic mass is 10.2. The molecule has 2 N–H and O–H groups in total. The zero-order valence-electron chi connectivity index (χ0n) is 17.1. The van der Waals surface area contributed by atoms with Crippen molar-refractivity contribution in [2.75, 3.05) is 51.2 Å². The molecule has 1 fully saturated rings. The van der Waals surface area contributed by atoms with Gasteiger partial charge in [-0.15, -0.1) is 0 Å². The van der Waals surface area contributed by atoms with Gasteiger partial charge < -0.3 is 20.4 Å². The number of hydrogen-bond donors (Lipinski definition) is 2. The minimum atomic E-state index is 0.189. The van der Waals surface area contributed by atoms with Gasteiger partial charge in [-0.25, -0.2) is 0 Å². The van der Waals surface area contributed by atoms with Crippen molar-refractivity contribution in [3.05, 3.63) is 60.4 Å². The maximum Gasteiger partial charge on any atom is 0.224 e. The molecule has 3 rings (SSSR count). The van der Waals surface area contributed by atoms with Crippen molar-refractivity contribution in [2.45, 2.75) is 12.8 Å². The summed E-state index contributed by atoms with van der Waals surface area (Å²) in [6.07, 6.45) is 3.09. The molecule has 1 saturated heterocycles. The van der Waals surface area contributed by atoms with E-state index in [0.717, 1.165) is 44.8 Å². The van der Waals surface area contributed by atoms with E-state index in [1.807, 2.05) is 29.2 Å². The lowest BCUT2D eigenvalue weighted by Crippen LogP contribution is -2.49. The van der Waals surface area contributed by atoms with E-state index < -0.39 is 0 Å². The highest BCUT2D eigenvalue weighted by Crippen LogP contribution is 2.15. The number of nitrogens with one attached hydrogen (secondary N) is 2. The monoisotopic (exact) mass is 394 g/mol. The van der Waals surface area contributed by atoms with Crippen LogP contribution in [0.2, 0.25) is 0 Å². The lowest BCUT2D eigenvalue weighted by molar-refractivity contribution is -0.131. The fourth-order valence-electron chi connectivity index (χ4n) is 3.37. The Morgan fingerprint density at radius 3 is 2.41 bits per heavy atom. The summed E-state index contributed by atoms with van der Waals surface area (Å²) in [5.74, 6) is 0.900. The van der Waals surface area contributed by atoms with Gasteiger partial charge in [0, 0.05) is 76.7 Å². The third-order valence-corrected chi connectivity index (χ3v) is 5.01. The van der Waals surface area contributed by atoms with E-state index in [4.69, 9.17) is 0 Å². The number of rotatable bonds is 7. The SMILES string of the molecule is CN=C(NCCC(=O)N1CCN(c2ccccc2)CC1)NCCc1ccccn1. The van der Waals surface area contributed by atoms with E-state index in [2.05, 4.69) is 49.8 Å². The van der Waals surface area contributed by atoms with Gasteiger partial charge in [0.15, 0.2) is 5.96 Å².